The van der Waals surface area contributed by atoms with Gasteiger partial charge in [0, 0.05) is 6.54 Å². The number of fused-ring (bicyclic) bond motifs is 1. The van der Waals surface area contributed by atoms with Gasteiger partial charge >= 0.3 is 0 Å². The van der Waals surface area contributed by atoms with Crippen molar-refractivity contribution in [2.75, 3.05) is 17.6 Å². The average Bonchev–Trinajstić information content (AvgIpc) is 2.36. The Kier molecular flexibility index (Phi) is 2.40. The molecule has 1 aliphatic heterocycles. The summed E-state index contributed by atoms with van der Waals surface area (Å²) in [7, 11) is 0. The third-order valence-corrected chi connectivity index (χ3v) is 3.11. The van der Waals surface area contributed by atoms with Crippen LogP contribution in [0.15, 0.2) is 17.0 Å². The van der Waals surface area contributed by atoms with Crippen molar-refractivity contribution in [3.63, 3.8) is 0 Å². The second kappa shape index (κ2) is 3.54. The maximum atomic E-state index is 13.2. The number of hydrogen-bond acceptors (Lipinski definition) is 2. The molecule has 0 radical (unpaired) electrons. The van der Waals surface area contributed by atoms with E-state index in [-0.39, 0.29) is 0 Å². The highest BCUT2D eigenvalue weighted by Gasteiger charge is 2.15. The van der Waals surface area contributed by atoms with E-state index in [4.69, 9.17) is 0 Å². The van der Waals surface area contributed by atoms with Gasteiger partial charge in [-0.3, -0.25) is 0 Å². The van der Waals surface area contributed by atoms with Crippen molar-refractivity contribution in [1.82, 2.24) is 0 Å². The molecule has 1 N–H and O–H groups in total. The molecule has 0 bridgehead atoms. The Morgan fingerprint density at radius 3 is 3.00 bits per heavy atom. The van der Waals surface area contributed by atoms with Crippen LogP contribution < -0.4 is 5.32 Å². The summed E-state index contributed by atoms with van der Waals surface area (Å²) in [6, 6.07) is 2.75. The summed E-state index contributed by atoms with van der Waals surface area (Å²) in [6.07, 6.45) is 0.973. The summed E-state index contributed by atoms with van der Waals surface area (Å²) in [6.45, 7) is 0.824. The molecule has 0 aromatic heterocycles. The van der Waals surface area contributed by atoms with Gasteiger partial charge in [-0.2, -0.15) is 0 Å². The Morgan fingerprint density at radius 2 is 2.15 bits per heavy atom. The lowest BCUT2D eigenvalue weighted by Gasteiger charge is -2.07. The predicted octanol–water partition coefficient (Wildman–Crippen LogP) is 2.87. The van der Waals surface area contributed by atoms with Crippen LogP contribution in [0.25, 0.3) is 0 Å². The fourth-order valence-electron chi connectivity index (χ4n) is 1.28. The number of thioether (sulfide) groups is 1. The van der Waals surface area contributed by atoms with Crippen molar-refractivity contribution < 1.29 is 8.78 Å². The first-order chi connectivity index (χ1) is 6.29. The minimum absolute atomic E-state index is 0.414. The molecule has 4 heteroatoms. The molecule has 0 fully saturated rings. The summed E-state index contributed by atoms with van der Waals surface area (Å²) in [4.78, 5) is 0.414. The van der Waals surface area contributed by atoms with Gasteiger partial charge in [-0.1, -0.05) is 0 Å². The van der Waals surface area contributed by atoms with Crippen LogP contribution in [0.2, 0.25) is 0 Å². The summed E-state index contributed by atoms with van der Waals surface area (Å²) in [5, 5.41) is 3.07. The van der Waals surface area contributed by atoms with Gasteiger partial charge in [0.2, 0.25) is 0 Å². The van der Waals surface area contributed by atoms with Crippen molar-refractivity contribution >= 4 is 17.4 Å². The van der Waals surface area contributed by atoms with E-state index in [1.165, 1.54) is 11.8 Å². The minimum atomic E-state index is -0.769. The van der Waals surface area contributed by atoms with Crippen molar-refractivity contribution in [3.05, 3.63) is 23.8 Å². The van der Waals surface area contributed by atoms with Crippen LogP contribution >= 0.6 is 11.8 Å². The van der Waals surface area contributed by atoms with E-state index >= 15 is 0 Å². The maximum Gasteiger partial charge on any atom is 0.174 e. The smallest absolute Gasteiger partial charge is 0.174 e. The Hall–Kier alpha value is -0.770. The third kappa shape index (κ3) is 1.63. The molecule has 0 saturated carbocycles. The van der Waals surface area contributed by atoms with E-state index in [0.29, 0.717) is 10.6 Å². The monoisotopic (exact) mass is 201 g/mol. The van der Waals surface area contributed by atoms with E-state index in [1.807, 2.05) is 0 Å². The lowest BCUT2D eigenvalue weighted by molar-refractivity contribution is 0.492. The molecular weight excluding hydrogens is 192 g/mol. The Balaban J connectivity index is 2.48. The Bertz CT molecular complexity index is 328. The average molecular weight is 201 g/mol. The third-order valence-electron chi connectivity index (χ3n) is 1.93. The molecule has 0 aliphatic carbocycles. The summed E-state index contributed by atoms with van der Waals surface area (Å²) in [5.41, 5.74) is 0.710. The molecule has 0 unspecified atom stereocenters. The second-order valence-electron chi connectivity index (χ2n) is 2.87. The number of anilines is 1. The van der Waals surface area contributed by atoms with Crippen molar-refractivity contribution in [3.8, 4) is 0 Å². The molecule has 0 saturated heterocycles. The van der Waals surface area contributed by atoms with E-state index in [2.05, 4.69) is 5.32 Å². The van der Waals surface area contributed by atoms with Gasteiger partial charge in [0.15, 0.2) is 11.6 Å². The lowest BCUT2D eigenvalue weighted by atomic mass is 10.3. The maximum absolute atomic E-state index is 13.2. The SMILES string of the molecule is Fc1ccc2c(c1F)SCCCN2. The zero-order valence-electron chi connectivity index (χ0n) is 6.94. The molecule has 1 aliphatic rings. The van der Waals surface area contributed by atoms with Gasteiger partial charge < -0.3 is 5.32 Å². The molecule has 1 heterocycles. The molecule has 0 amide bonds. The van der Waals surface area contributed by atoms with E-state index in [1.54, 1.807) is 6.07 Å². The van der Waals surface area contributed by atoms with Crippen LogP contribution in [0.3, 0.4) is 0 Å². The quantitative estimate of drug-likeness (QED) is 0.692. The highest BCUT2D eigenvalue weighted by atomic mass is 32.2. The fraction of sp³-hybridized carbons (Fsp3) is 0.333. The first-order valence-electron chi connectivity index (χ1n) is 4.14. The van der Waals surface area contributed by atoms with Crippen molar-refractivity contribution in [2.45, 2.75) is 11.3 Å². The standard InChI is InChI=1S/C9H9F2NS/c10-6-2-3-7-9(8(6)11)13-5-1-4-12-7/h2-3,12H,1,4-5H2. The van der Waals surface area contributed by atoms with Crippen LogP contribution in [0, 0.1) is 11.6 Å². The van der Waals surface area contributed by atoms with Gasteiger partial charge in [-0.05, 0) is 24.3 Å². The molecule has 70 valence electrons. The molecule has 0 spiro atoms. The number of nitrogens with one attached hydrogen (secondary N) is 1. The minimum Gasteiger partial charge on any atom is -0.384 e. The van der Waals surface area contributed by atoms with Gasteiger partial charge in [-0.15, -0.1) is 11.8 Å². The topological polar surface area (TPSA) is 12.0 Å². The van der Waals surface area contributed by atoms with Crippen LogP contribution in [0.5, 0.6) is 0 Å². The van der Waals surface area contributed by atoms with E-state index in [9.17, 15) is 8.78 Å². The zero-order valence-corrected chi connectivity index (χ0v) is 7.76. The van der Waals surface area contributed by atoms with Crippen LogP contribution in [-0.2, 0) is 0 Å². The molecule has 13 heavy (non-hydrogen) atoms. The zero-order chi connectivity index (χ0) is 9.26. The lowest BCUT2D eigenvalue weighted by Crippen LogP contribution is -2.00. The number of rotatable bonds is 0. The van der Waals surface area contributed by atoms with Gasteiger partial charge in [0.1, 0.15) is 0 Å². The van der Waals surface area contributed by atoms with E-state index < -0.39 is 11.6 Å². The van der Waals surface area contributed by atoms with E-state index in [0.717, 1.165) is 24.8 Å². The molecule has 0 atom stereocenters. The summed E-state index contributed by atoms with van der Waals surface area (Å²) in [5.74, 6) is -0.660. The van der Waals surface area contributed by atoms with Crippen LogP contribution in [0.4, 0.5) is 14.5 Å². The Morgan fingerprint density at radius 1 is 1.31 bits per heavy atom. The molecule has 1 aromatic rings. The molecule has 2 rings (SSSR count). The molecule has 1 aromatic carbocycles. The van der Waals surface area contributed by atoms with Crippen LogP contribution in [-0.4, -0.2) is 12.3 Å². The highest BCUT2D eigenvalue weighted by Crippen LogP contribution is 2.33. The van der Waals surface area contributed by atoms with Gasteiger partial charge in [-0.25, -0.2) is 8.78 Å². The molecular formula is C9H9F2NS. The Labute approximate surface area is 79.5 Å². The summed E-state index contributed by atoms with van der Waals surface area (Å²) >= 11 is 1.37. The fourth-order valence-corrected chi connectivity index (χ4v) is 2.29. The highest BCUT2D eigenvalue weighted by molar-refractivity contribution is 7.99. The second-order valence-corrected chi connectivity index (χ2v) is 3.97. The summed E-state index contributed by atoms with van der Waals surface area (Å²) < 4.78 is 26.1. The van der Waals surface area contributed by atoms with Crippen LogP contribution in [0.1, 0.15) is 6.42 Å². The van der Waals surface area contributed by atoms with Crippen molar-refractivity contribution in [2.24, 2.45) is 0 Å². The normalized spacial score (nSPS) is 15.8. The van der Waals surface area contributed by atoms with Gasteiger partial charge in [0.25, 0.3) is 0 Å². The van der Waals surface area contributed by atoms with Crippen molar-refractivity contribution in [1.29, 1.82) is 0 Å². The van der Waals surface area contributed by atoms with Gasteiger partial charge in [0.05, 0.1) is 10.6 Å². The molecule has 1 nitrogen and oxygen atoms in total. The number of hydrogen-bond donors (Lipinski definition) is 1. The number of halogens is 2. The predicted molar refractivity (Wildman–Crippen MR) is 50.2 cm³/mol. The number of benzene rings is 1. The first kappa shape index (κ1) is 8.81. The largest absolute Gasteiger partial charge is 0.384 e. The first-order valence-corrected chi connectivity index (χ1v) is 5.12.